The first-order valence-electron chi connectivity index (χ1n) is 7.36. The van der Waals surface area contributed by atoms with Crippen molar-refractivity contribution in [3.8, 4) is 0 Å². The van der Waals surface area contributed by atoms with Crippen LogP contribution in [0.1, 0.15) is 45.4 Å². The number of amides is 2. The van der Waals surface area contributed by atoms with E-state index in [0.717, 1.165) is 32.1 Å². The van der Waals surface area contributed by atoms with Gasteiger partial charge in [0.15, 0.2) is 0 Å². The second-order valence-corrected chi connectivity index (χ2v) is 5.61. The molecule has 1 saturated carbocycles. The van der Waals surface area contributed by atoms with Gasteiger partial charge in [-0.3, -0.25) is 24.2 Å². The number of imide groups is 1. The van der Waals surface area contributed by atoms with E-state index in [2.05, 4.69) is 0 Å². The van der Waals surface area contributed by atoms with Gasteiger partial charge in [-0.05, 0) is 19.3 Å². The molecule has 112 valence electrons. The van der Waals surface area contributed by atoms with Gasteiger partial charge in [0.25, 0.3) is 0 Å². The molecular formula is C14H22N2O4. The minimum atomic E-state index is -0.939. The van der Waals surface area contributed by atoms with E-state index >= 15 is 0 Å². The van der Waals surface area contributed by atoms with E-state index < -0.39 is 12.0 Å². The Labute approximate surface area is 118 Å². The van der Waals surface area contributed by atoms with Crippen molar-refractivity contribution < 1.29 is 19.5 Å². The van der Waals surface area contributed by atoms with Crippen LogP contribution >= 0.6 is 0 Å². The Bertz CT molecular complexity index is 404. The minimum absolute atomic E-state index is 0.120. The number of carboxylic acids is 1. The zero-order valence-corrected chi connectivity index (χ0v) is 11.9. The lowest BCUT2D eigenvalue weighted by molar-refractivity contribution is -0.142. The third-order valence-electron chi connectivity index (χ3n) is 4.18. The average molecular weight is 282 g/mol. The highest BCUT2D eigenvalue weighted by Crippen LogP contribution is 2.29. The van der Waals surface area contributed by atoms with E-state index in [4.69, 9.17) is 5.11 Å². The van der Waals surface area contributed by atoms with Gasteiger partial charge in [0, 0.05) is 12.6 Å². The molecule has 1 saturated heterocycles. The monoisotopic (exact) mass is 282 g/mol. The normalized spacial score (nSPS) is 24.1. The van der Waals surface area contributed by atoms with Crippen LogP contribution in [-0.4, -0.2) is 57.9 Å². The van der Waals surface area contributed by atoms with Crippen LogP contribution < -0.4 is 0 Å². The average Bonchev–Trinajstić information content (AvgIpc) is 3.00. The van der Waals surface area contributed by atoms with Gasteiger partial charge < -0.3 is 5.11 Å². The topological polar surface area (TPSA) is 77.9 Å². The van der Waals surface area contributed by atoms with E-state index in [0.29, 0.717) is 6.54 Å². The summed E-state index contributed by atoms with van der Waals surface area (Å²) in [4.78, 5) is 38.4. The maximum atomic E-state index is 12.4. The van der Waals surface area contributed by atoms with Gasteiger partial charge in [-0.2, -0.15) is 0 Å². The Morgan fingerprint density at radius 2 is 2.00 bits per heavy atom. The van der Waals surface area contributed by atoms with Gasteiger partial charge in [-0.15, -0.1) is 0 Å². The molecule has 0 spiro atoms. The molecule has 2 amide bonds. The Kier molecular flexibility index (Phi) is 4.75. The molecule has 2 aliphatic rings. The maximum Gasteiger partial charge on any atom is 0.317 e. The fraction of sp³-hybridized carbons (Fsp3) is 0.786. The Hall–Kier alpha value is -1.43. The van der Waals surface area contributed by atoms with E-state index in [1.165, 1.54) is 4.90 Å². The van der Waals surface area contributed by atoms with Gasteiger partial charge >= 0.3 is 5.97 Å². The Balaban J connectivity index is 2.14. The number of aliphatic carboxylic acids is 1. The quantitative estimate of drug-likeness (QED) is 0.731. The molecule has 0 bridgehead atoms. The summed E-state index contributed by atoms with van der Waals surface area (Å²) >= 11 is 0. The molecule has 6 nitrogen and oxygen atoms in total. The third kappa shape index (κ3) is 3.00. The fourth-order valence-corrected chi connectivity index (χ4v) is 3.27. The maximum absolute atomic E-state index is 12.4. The molecule has 1 atom stereocenters. The van der Waals surface area contributed by atoms with E-state index in [9.17, 15) is 14.4 Å². The SMILES string of the molecule is CCCN1C(=O)CC(N(CC(=O)O)C2CCCC2)C1=O. The predicted octanol–water partition coefficient (Wildman–Crippen LogP) is 0.853. The molecule has 1 heterocycles. The molecule has 2 fully saturated rings. The zero-order valence-electron chi connectivity index (χ0n) is 11.9. The first-order chi connectivity index (χ1) is 9.54. The second kappa shape index (κ2) is 6.35. The summed E-state index contributed by atoms with van der Waals surface area (Å²) in [6.07, 6.45) is 4.82. The number of carbonyl (C=O) groups excluding carboxylic acids is 2. The fourth-order valence-electron chi connectivity index (χ4n) is 3.27. The van der Waals surface area contributed by atoms with Crippen molar-refractivity contribution in [2.45, 2.75) is 57.5 Å². The van der Waals surface area contributed by atoms with Crippen molar-refractivity contribution >= 4 is 17.8 Å². The van der Waals surface area contributed by atoms with Crippen molar-refractivity contribution in [2.75, 3.05) is 13.1 Å². The summed E-state index contributed by atoms with van der Waals surface area (Å²) in [5.74, 6) is -1.33. The number of carbonyl (C=O) groups is 3. The van der Waals surface area contributed by atoms with Gasteiger partial charge in [0.1, 0.15) is 0 Å². The number of hydrogen-bond acceptors (Lipinski definition) is 4. The van der Waals surface area contributed by atoms with Crippen molar-refractivity contribution in [1.29, 1.82) is 0 Å². The highest BCUT2D eigenvalue weighted by molar-refractivity contribution is 6.05. The van der Waals surface area contributed by atoms with Gasteiger partial charge in [-0.25, -0.2) is 0 Å². The molecule has 0 aromatic heterocycles. The summed E-state index contributed by atoms with van der Waals surface area (Å²) < 4.78 is 0. The lowest BCUT2D eigenvalue weighted by Gasteiger charge is -2.31. The van der Waals surface area contributed by atoms with Gasteiger partial charge in [0.2, 0.25) is 11.8 Å². The molecule has 2 rings (SSSR count). The molecule has 1 unspecified atom stereocenters. The van der Waals surface area contributed by atoms with Crippen LogP contribution in [0, 0.1) is 0 Å². The number of rotatable bonds is 6. The van der Waals surface area contributed by atoms with Crippen LogP contribution in [0.4, 0.5) is 0 Å². The number of nitrogens with zero attached hydrogens (tertiary/aromatic N) is 2. The van der Waals surface area contributed by atoms with Crippen molar-refractivity contribution in [1.82, 2.24) is 9.80 Å². The number of carboxylic acid groups (broad SMARTS) is 1. The minimum Gasteiger partial charge on any atom is -0.480 e. The number of likely N-dealkylation sites (tertiary alicyclic amines) is 1. The molecule has 1 aliphatic carbocycles. The van der Waals surface area contributed by atoms with E-state index in [1.807, 2.05) is 6.92 Å². The molecule has 0 aromatic carbocycles. The van der Waals surface area contributed by atoms with E-state index in [1.54, 1.807) is 4.90 Å². The Morgan fingerprint density at radius 3 is 2.55 bits per heavy atom. The standard InChI is InChI=1S/C14H22N2O4/c1-2-7-15-12(17)8-11(14(15)20)16(9-13(18)19)10-5-3-4-6-10/h10-11H,2-9H2,1H3,(H,18,19). The lowest BCUT2D eigenvalue weighted by atomic mass is 10.1. The first-order valence-corrected chi connectivity index (χ1v) is 7.36. The van der Waals surface area contributed by atoms with Crippen LogP contribution in [0.2, 0.25) is 0 Å². The van der Waals surface area contributed by atoms with Crippen molar-refractivity contribution in [3.63, 3.8) is 0 Å². The molecule has 1 aliphatic heterocycles. The largest absolute Gasteiger partial charge is 0.480 e. The molecule has 0 radical (unpaired) electrons. The lowest BCUT2D eigenvalue weighted by Crippen LogP contribution is -2.48. The molecule has 1 N–H and O–H groups in total. The van der Waals surface area contributed by atoms with E-state index in [-0.39, 0.29) is 30.8 Å². The first kappa shape index (κ1) is 15.0. The summed E-state index contributed by atoms with van der Waals surface area (Å²) in [6.45, 7) is 2.19. The van der Waals surface area contributed by atoms with Crippen molar-refractivity contribution in [2.24, 2.45) is 0 Å². The van der Waals surface area contributed by atoms with Gasteiger partial charge in [-0.1, -0.05) is 19.8 Å². The van der Waals surface area contributed by atoms with Crippen LogP contribution in [0.15, 0.2) is 0 Å². The second-order valence-electron chi connectivity index (χ2n) is 5.61. The smallest absolute Gasteiger partial charge is 0.317 e. The summed E-state index contributed by atoms with van der Waals surface area (Å²) in [5, 5.41) is 9.07. The third-order valence-corrected chi connectivity index (χ3v) is 4.18. The molecular weight excluding hydrogens is 260 g/mol. The molecule has 0 aromatic rings. The molecule has 6 heteroatoms. The summed E-state index contributed by atoms with van der Waals surface area (Å²) in [7, 11) is 0. The van der Waals surface area contributed by atoms with Crippen LogP contribution in [0.5, 0.6) is 0 Å². The highest BCUT2D eigenvalue weighted by atomic mass is 16.4. The highest BCUT2D eigenvalue weighted by Gasteiger charge is 2.44. The molecule has 20 heavy (non-hydrogen) atoms. The summed E-state index contributed by atoms with van der Waals surface area (Å²) in [5.41, 5.74) is 0. The van der Waals surface area contributed by atoms with Crippen LogP contribution in [0.3, 0.4) is 0 Å². The summed E-state index contributed by atoms with van der Waals surface area (Å²) in [6, 6.07) is -0.456. The van der Waals surface area contributed by atoms with Crippen LogP contribution in [-0.2, 0) is 14.4 Å². The zero-order chi connectivity index (χ0) is 14.7. The van der Waals surface area contributed by atoms with Gasteiger partial charge in [0.05, 0.1) is 19.0 Å². The van der Waals surface area contributed by atoms with Crippen molar-refractivity contribution in [3.05, 3.63) is 0 Å². The Morgan fingerprint density at radius 1 is 1.35 bits per heavy atom. The van der Waals surface area contributed by atoms with Crippen LogP contribution in [0.25, 0.3) is 0 Å². The predicted molar refractivity (Wildman–Crippen MR) is 72.0 cm³/mol. The number of hydrogen-bond donors (Lipinski definition) is 1.